The highest BCUT2D eigenvalue weighted by molar-refractivity contribution is 5.77. The third kappa shape index (κ3) is 3.22. The monoisotopic (exact) mass is 444 g/mol. The summed E-state index contributed by atoms with van der Waals surface area (Å²) in [5, 5.41) is 9.67. The molecule has 0 unspecified atom stereocenters. The second-order valence-electron chi connectivity index (χ2n) is 7.97. The van der Waals surface area contributed by atoms with E-state index in [1.807, 2.05) is 104 Å². The first-order chi connectivity index (χ1) is 16.7. The lowest BCUT2D eigenvalue weighted by atomic mass is 10.1. The SMILES string of the molecule is Cc1cc(-c2ccccc2)n(-c2nc3c(cnn3-c3ccccc3)c(=O)n2-c2ccccc2)n1. The fourth-order valence-electron chi connectivity index (χ4n) is 4.13. The fourth-order valence-corrected chi connectivity index (χ4v) is 4.13. The molecule has 0 bridgehead atoms. The molecule has 0 amide bonds. The molecular formula is C27H20N6O. The Morgan fingerprint density at radius 2 is 1.35 bits per heavy atom. The van der Waals surface area contributed by atoms with E-state index >= 15 is 0 Å². The lowest BCUT2D eigenvalue weighted by Crippen LogP contribution is -2.25. The van der Waals surface area contributed by atoms with Crippen LogP contribution in [0.25, 0.3) is 39.6 Å². The van der Waals surface area contributed by atoms with Crippen LogP contribution in [0.15, 0.2) is 108 Å². The van der Waals surface area contributed by atoms with Crippen LogP contribution in [0.4, 0.5) is 0 Å². The molecule has 0 aliphatic carbocycles. The number of fused-ring (bicyclic) bond motifs is 1. The van der Waals surface area contributed by atoms with Crippen molar-refractivity contribution >= 4 is 11.0 Å². The molecular weight excluding hydrogens is 424 g/mol. The summed E-state index contributed by atoms with van der Waals surface area (Å²) in [6, 6.07) is 31.1. The summed E-state index contributed by atoms with van der Waals surface area (Å²) in [7, 11) is 0. The molecule has 0 saturated heterocycles. The van der Waals surface area contributed by atoms with Gasteiger partial charge in [-0.25, -0.2) is 9.25 Å². The number of para-hydroxylation sites is 2. The number of rotatable bonds is 4. The number of aromatic nitrogens is 6. The number of aryl methyl sites for hydroxylation is 1. The van der Waals surface area contributed by atoms with Gasteiger partial charge in [0, 0.05) is 5.56 Å². The van der Waals surface area contributed by atoms with Crippen molar-refractivity contribution in [3.05, 3.63) is 119 Å². The van der Waals surface area contributed by atoms with E-state index in [4.69, 9.17) is 10.1 Å². The van der Waals surface area contributed by atoms with Crippen molar-refractivity contribution in [2.24, 2.45) is 0 Å². The van der Waals surface area contributed by atoms with E-state index < -0.39 is 0 Å². The van der Waals surface area contributed by atoms with Crippen LogP contribution in [0, 0.1) is 6.92 Å². The quantitative estimate of drug-likeness (QED) is 0.394. The molecule has 7 heteroatoms. The van der Waals surface area contributed by atoms with Gasteiger partial charge in [-0.3, -0.25) is 4.79 Å². The van der Waals surface area contributed by atoms with Gasteiger partial charge in [0.1, 0.15) is 5.39 Å². The number of nitrogens with zero attached hydrogens (tertiary/aromatic N) is 6. The molecule has 164 valence electrons. The maximum atomic E-state index is 13.9. The molecule has 3 aromatic heterocycles. The highest BCUT2D eigenvalue weighted by Crippen LogP contribution is 2.25. The highest BCUT2D eigenvalue weighted by Gasteiger charge is 2.21. The average molecular weight is 444 g/mol. The predicted molar refractivity (Wildman–Crippen MR) is 132 cm³/mol. The van der Waals surface area contributed by atoms with E-state index in [-0.39, 0.29) is 5.56 Å². The zero-order valence-corrected chi connectivity index (χ0v) is 18.4. The van der Waals surface area contributed by atoms with Crippen LogP contribution in [0.2, 0.25) is 0 Å². The van der Waals surface area contributed by atoms with Crippen LogP contribution in [0.1, 0.15) is 5.69 Å². The van der Waals surface area contributed by atoms with Crippen LogP contribution in [0.5, 0.6) is 0 Å². The Labute approximate surface area is 195 Å². The fraction of sp³-hybridized carbons (Fsp3) is 0.0370. The average Bonchev–Trinajstić information content (AvgIpc) is 3.49. The van der Waals surface area contributed by atoms with Crippen molar-refractivity contribution in [2.45, 2.75) is 6.92 Å². The molecule has 3 heterocycles. The molecule has 0 aliphatic rings. The Kier molecular flexibility index (Phi) is 4.66. The van der Waals surface area contributed by atoms with Gasteiger partial charge in [0.25, 0.3) is 5.56 Å². The second-order valence-corrected chi connectivity index (χ2v) is 7.97. The van der Waals surface area contributed by atoms with Gasteiger partial charge in [0.05, 0.1) is 29.0 Å². The van der Waals surface area contributed by atoms with Crippen LogP contribution in [-0.2, 0) is 0 Å². The van der Waals surface area contributed by atoms with E-state index in [2.05, 4.69) is 5.10 Å². The van der Waals surface area contributed by atoms with E-state index in [1.165, 1.54) is 0 Å². The Hall–Kier alpha value is -4.78. The predicted octanol–water partition coefficient (Wildman–Crippen LogP) is 4.73. The molecule has 6 rings (SSSR count). The maximum Gasteiger partial charge on any atom is 0.270 e. The van der Waals surface area contributed by atoms with Gasteiger partial charge in [-0.15, -0.1) is 0 Å². The topological polar surface area (TPSA) is 70.5 Å². The van der Waals surface area contributed by atoms with Crippen LogP contribution in [0.3, 0.4) is 0 Å². The third-order valence-corrected chi connectivity index (χ3v) is 5.69. The molecule has 0 aliphatic heterocycles. The van der Waals surface area contributed by atoms with E-state index in [0.29, 0.717) is 22.7 Å². The minimum atomic E-state index is -0.208. The zero-order valence-electron chi connectivity index (χ0n) is 18.4. The third-order valence-electron chi connectivity index (χ3n) is 5.69. The molecule has 6 aromatic rings. The van der Waals surface area contributed by atoms with Gasteiger partial charge >= 0.3 is 0 Å². The standard InChI is InChI=1S/C27H20N6O/c1-19-17-24(20-11-5-2-6-12-20)33(30-19)27-29-25-23(18-28-32(25)22-15-9-4-10-16-22)26(34)31(27)21-13-7-3-8-14-21/h2-18H,1H3. The summed E-state index contributed by atoms with van der Waals surface area (Å²) in [6.07, 6.45) is 1.58. The van der Waals surface area contributed by atoms with Crippen molar-refractivity contribution < 1.29 is 0 Å². The van der Waals surface area contributed by atoms with E-state index in [9.17, 15) is 4.79 Å². The first kappa shape index (κ1) is 19.9. The van der Waals surface area contributed by atoms with Crippen LogP contribution in [-0.4, -0.2) is 29.1 Å². The summed E-state index contributed by atoms with van der Waals surface area (Å²) >= 11 is 0. The first-order valence-electron chi connectivity index (χ1n) is 10.9. The van der Waals surface area contributed by atoms with Crippen LogP contribution < -0.4 is 5.56 Å². The zero-order chi connectivity index (χ0) is 23.1. The van der Waals surface area contributed by atoms with Crippen LogP contribution >= 0.6 is 0 Å². The Morgan fingerprint density at radius 1 is 0.735 bits per heavy atom. The first-order valence-corrected chi connectivity index (χ1v) is 10.9. The molecule has 3 aromatic carbocycles. The molecule has 0 saturated carbocycles. The minimum Gasteiger partial charge on any atom is -0.268 e. The Bertz CT molecular complexity index is 1670. The maximum absolute atomic E-state index is 13.9. The van der Waals surface area contributed by atoms with E-state index in [0.717, 1.165) is 22.6 Å². The number of benzene rings is 3. The van der Waals surface area contributed by atoms with Crippen molar-refractivity contribution in [3.63, 3.8) is 0 Å². The number of hydrogen-bond acceptors (Lipinski definition) is 4. The second kappa shape index (κ2) is 7.97. The van der Waals surface area contributed by atoms with Gasteiger partial charge in [0.15, 0.2) is 5.65 Å². The summed E-state index contributed by atoms with van der Waals surface area (Å²) < 4.78 is 5.02. The van der Waals surface area contributed by atoms with Crippen molar-refractivity contribution in [1.82, 2.24) is 29.1 Å². The lowest BCUT2D eigenvalue weighted by Gasteiger charge is -2.15. The van der Waals surface area contributed by atoms with Crippen molar-refractivity contribution in [3.8, 4) is 28.6 Å². The Balaban J connectivity index is 1.71. The van der Waals surface area contributed by atoms with E-state index in [1.54, 1.807) is 20.1 Å². The van der Waals surface area contributed by atoms with Gasteiger partial charge in [0.2, 0.25) is 5.95 Å². The summed E-state index contributed by atoms with van der Waals surface area (Å²) in [6.45, 7) is 1.93. The summed E-state index contributed by atoms with van der Waals surface area (Å²) in [4.78, 5) is 18.8. The smallest absolute Gasteiger partial charge is 0.268 e. The van der Waals surface area contributed by atoms with Gasteiger partial charge in [-0.1, -0.05) is 66.7 Å². The molecule has 0 spiro atoms. The molecule has 0 fully saturated rings. The largest absolute Gasteiger partial charge is 0.270 e. The summed E-state index contributed by atoms with van der Waals surface area (Å²) in [5.74, 6) is 0.397. The molecule has 7 nitrogen and oxygen atoms in total. The highest BCUT2D eigenvalue weighted by atomic mass is 16.1. The van der Waals surface area contributed by atoms with Gasteiger partial charge in [-0.05, 0) is 37.3 Å². The lowest BCUT2D eigenvalue weighted by molar-refractivity contribution is 0.754. The van der Waals surface area contributed by atoms with Crippen molar-refractivity contribution in [1.29, 1.82) is 0 Å². The molecule has 0 radical (unpaired) electrons. The Morgan fingerprint density at radius 3 is 2.03 bits per heavy atom. The molecule has 34 heavy (non-hydrogen) atoms. The minimum absolute atomic E-state index is 0.208. The molecule has 0 atom stereocenters. The normalized spacial score (nSPS) is 11.2. The molecule has 0 N–H and O–H groups in total. The number of hydrogen-bond donors (Lipinski definition) is 0. The van der Waals surface area contributed by atoms with Crippen molar-refractivity contribution in [2.75, 3.05) is 0 Å². The van der Waals surface area contributed by atoms with Gasteiger partial charge < -0.3 is 0 Å². The summed E-state index contributed by atoms with van der Waals surface area (Å²) in [5.41, 5.74) is 4.45. The van der Waals surface area contributed by atoms with Gasteiger partial charge in [-0.2, -0.15) is 19.9 Å².